The summed E-state index contributed by atoms with van der Waals surface area (Å²) < 4.78 is 42.9. The maximum Gasteiger partial charge on any atom is 0.328 e. The highest BCUT2D eigenvalue weighted by Gasteiger charge is 2.40. The van der Waals surface area contributed by atoms with E-state index in [0.717, 1.165) is 4.31 Å². The van der Waals surface area contributed by atoms with Crippen molar-refractivity contribution < 1.29 is 17.9 Å². The highest BCUT2D eigenvalue weighted by Crippen LogP contribution is 2.29. The van der Waals surface area contributed by atoms with E-state index in [1.54, 1.807) is 20.2 Å². The molecule has 0 amide bonds. The first-order valence-corrected chi connectivity index (χ1v) is 8.63. The van der Waals surface area contributed by atoms with Crippen molar-refractivity contribution in [1.29, 1.82) is 0 Å². The zero-order valence-electron chi connectivity index (χ0n) is 12.8. The predicted molar refractivity (Wildman–Crippen MR) is 82.4 cm³/mol. The van der Waals surface area contributed by atoms with Gasteiger partial charge in [0.2, 0.25) is 10.0 Å². The lowest BCUT2D eigenvalue weighted by atomic mass is 10.2. The van der Waals surface area contributed by atoms with Crippen LogP contribution in [0.5, 0.6) is 0 Å². The fourth-order valence-corrected chi connectivity index (χ4v) is 4.75. The number of aliphatic hydroxyl groups is 1. The molecule has 1 saturated heterocycles. The van der Waals surface area contributed by atoms with Gasteiger partial charge in [-0.3, -0.25) is 9.13 Å². The second-order valence-corrected chi connectivity index (χ2v) is 7.69. The number of hydrogen-bond donors (Lipinski definition) is 1. The van der Waals surface area contributed by atoms with E-state index < -0.39 is 28.8 Å². The number of hydrogen-bond acceptors (Lipinski definition) is 4. The maximum absolute atomic E-state index is 13.6. The zero-order valence-corrected chi connectivity index (χ0v) is 13.6. The first-order valence-electron chi connectivity index (χ1n) is 7.19. The van der Waals surface area contributed by atoms with Crippen LogP contribution >= 0.6 is 0 Å². The number of sulfonamides is 1. The molecule has 0 bridgehead atoms. The van der Waals surface area contributed by atoms with E-state index in [9.17, 15) is 22.7 Å². The first-order chi connectivity index (χ1) is 10.8. The molecule has 0 spiro atoms. The van der Waals surface area contributed by atoms with Crippen LogP contribution in [0.2, 0.25) is 0 Å². The largest absolute Gasteiger partial charge is 0.395 e. The lowest BCUT2D eigenvalue weighted by Crippen LogP contribution is -2.37. The van der Waals surface area contributed by atoms with Gasteiger partial charge >= 0.3 is 5.69 Å². The van der Waals surface area contributed by atoms with Gasteiger partial charge in [-0.25, -0.2) is 17.6 Å². The minimum atomic E-state index is -3.94. The van der Waals surface area contributed by atoms with E-state index in [1.165, 1.54) is 21.3 Å². The minimum Gasteiger partial charge on any atom is -0.395 e. The number of aliphatic hydroxyl groups excluding tert-OH is 1. The lowest BCUT2D eigenvalue weighted by Gasteiger charge is -2.22. The van der Waals surface area contributed by atoms with Crippen LogP contribution in [0.25, 0.3) is 11.0 Å². The average molecular weight is 343 g/mol. The second-order valence-electron chi connectivity index (χ2n) is 5.80. The summed E-state index contributed by atoms with van der Waals surface area (Å²) in [6.45, 7) is -0.689. The van der Waals surface area contributed by atoms with Gasteiger partial charge in [0.1, 0.15) is 6.17 Å². The molecule has 126 valence electrons. The van der Waals surface area contributed by atoms with E-state index in [0.29, 0.717) is 11.0 Å². The Balaban J connectivity index is 2.12. The summed E-state index contributed by atoms with van der Waals surface area (Å²) >= 11 is 0. The molecule has 2 aromatic rings. The van der Waals surface area contributed by atoms with Crippen LogP contribution in [-0.4, -0.2) is 52.3 Å². The van der Waals surface area contributed by atoms with Crippen molar-refractivity contribution in [2.75, 3.05) is 13.2 Å². The van der Waals surface area contributed by atoms with Crippen molar-refractivity contribution in [1.82, 2.24) is 13.4 Å². The standard InChI is InChI=1S/C14H18FN3O4S/c1-16-12-4-3-11(6-13(12)17(2)14(16)20)23(21,22)18-7-9(15)5-10(18)8-19/h3-4,6,9-10,19H,5,7-8H2,1-2H3/t9-,10-/m0/s1. The molecule has 1 aromatic heterocycles. The number of fused-ring (bicyclic) bond motifs is 1. The fourth-order valence-electron chi connectivity index (χ4n) is 3.07. The Morgan fingerprint density at radius 3 is 2.57 bits per heavy atom. The van der Waals surface area contributed by atoms with Gasteiger partial charge in [-0.2, -0.15) is 4.31 Å². The number of nitrogens with zero attached hydrogens (tertiary/aromatic N) is 3. The Hall–Kier alpha value is -1.71. The van der Waals surface area contributed by atoms with E-state index in [-0.39, 0.29) is 23.6 Å². The Kier molecular flexibility index (Phi) is 3.81. The van der Waals surface area contributed by atoms with Gasteiger partial charge in [-0.15, -0.1) is 0 Å². The topological polar surface area (TPSA) is 84.5 Å². The third-order valence-electron chi connectivity index (χ3n) is 4.37. The molecule has 1 aliphatic heterocycles. The number of rotatable bonds is 3. The smallest absolute Gasteiger partial charge is 0.328 e. The quantitative estimate of drug-likeness (QED) is 0.848. The zero-order chi connectivity index (χ0) is 16.9. The Labute approximate surface area is 132 Å². The van der Waals surface area contributed by atoms with Gasteiger partial charge < -0.3 is 5.11 Å². The van der Waals surface area contributed by atoms with Crippen LogP contribution in [0.15, 0.2) is 27.9 Å². The monoisotopic (exact) mass is 343 g/mol. The summed E-state index contributed by atoms with van der Waals surface area (Å²) in [6, 6.07) is 3.61. The number of halogens is 1. The Bertz CT molecular complexity index is 918. The normalized spacial score (nSPS) is 23.0. The van der Waals surface area contributed by atoms with Crippen LogP contribution in [0.1, 0.15) is 6.42 Å². The number of imidazole rings is 1. The molecule has 1 aliphatic rings. The Morgan fingerprint density at radius 1 is 1.26 bits per heavy atom. The molecule has 0 unspecified atom stereocenters. The highest BCUT2D eigenvalue weighted by molar-refractivity contribution is 7.89. The molecule has 9 heteroatoms. The van der Waals surface area contributed by atoms with Crippen LogP contribution in [-0.2, 0) is 24.1 Å². The molecular weight excluding hydrogens is 325 g/mol. The first kappa shape index (κ1) is 16.2. The van der Waals surface area contributed by atoms with Crippen molar-refractivity contribution in [3.63, 3.8) is 0 Å². The van der Waals surface area contributed by atoms with Crippen molar-refractivity contribution >= 4 is 21.1 Å². The molecule has 0 radical (unpaired) electrons. The third-order valence-corrected chi connectivity index (χ3v) is 6.29. The number of aromatic nitrogens is 2. The maximum atomic E-state index is 13.6. The molecule has 2 atom stereocenters. The SMILES string of the molecule is Cn1c(=O)n(C)c2cc(S(=O)(=O)N3C[C@@H](F)C[C@H]3CO)ccc21. The summed E-state index contributed by atoms with van der Waals surface area (Å²) in [5.74, 6) is 0. The summed E-state index contributed by atoms with van der Waals surface area (Å²) in [4.78, 5) is 11.9. The van der Waals surface area contributed by atoms with E-state index >= 15 is 0 Å². The molecular formula is C14H18FN3O4S. The Morgan fingerprint density at radius 2 is 1.91 bits per heavy atom. The summed E-state index contributed by atoms with van der Waals surface area (Å²) in [7, 11) is -0.769. The van der Waals surface area contributed by atoms with Crippen molar-refractivity contribution in [3.8, 4) is 0 Å². The molecule has 0 aliphatic carbocycles. The van der Waals surface area contributed by atoms with Gasteiger partial charge in [0.25, 0.3) is 0 Å². The van der Waals surface area contributed by atoms with Gasteiger partial charge in [0.15, 0.2) is 0 Å². The van der Waals surface area contributed by atoms with Gasteiger partial charge in [-0.1, -0.05) is 0 Å². The number of benzene rings is 1. The molecule has 2 heterocycles. The highest BCUT2D eigenvalue weighted by atomic mass is 32.2. The fraction of sp³-hybridized carbons (Fsp3) is 0.500. The molecule has 1 N–H and O–H groups in total. The van der Waals surface area contributed by atoms with Crippen LogP contribution in [0, 0.1) is 0 Å². The second kappa shape index (κ2) is 5.43. The van der Waals surface area contributed by atoms with Crippen molar-refractivity contribution in [2.24, 2.45) is 14.1 Å². The van der Waals surface area contributed by atoms with E-state index in [4.69, 9.17) is 0 Å². The van der Waals surface area contributed by atoms with Gasteiger partial charge in [0, 0.05) is 20.6 Å². The average Bonchev–Trinajstić information content (AvgIpc) is 3.02. The van der Waals surface area contributed by atoms with Crippen LogP contribution in [0.3, 0.4) is 0 Å². The molecule has 3 rings (SSSR count). The van der Waals surface area contributed by atoms with Crippen LogP contribution in [0.4, 0.5) is 4.39 Å². The molecule has 1 aromatic carbocycles. The predicted octanol–water partition coefficient (Wildman–Crippen LogP) is -0.0296. The van der Waals surface area contributed by atoms with E-state index in [2.05, 4.69) is 0 Å². The lowest BCUT2D eigenvalue weighted by molar-refractivity contribution is 0.213. The van der Waals surface area contributed by atoms with Gasteiger partial charge in [-0.05, 0) is 24.6 Å². The van der Waals surface area contributed by atoms with Gasteiger partial charge in [0.05, 0.1) is 28.6 Å². The number of alkyl halides is 1. The molecule has 23 heavy (non-hydrogen) atoms. The van der Waals surface area contributed by atoms with E-state index in [1.807, 2.05) is 0 Å². The number of aryl methyl sites for hydroxylation is 2. The minimum absolute atomic E-state index is 0.0121. The summed E-state index contributed by atoms with van der Waals surface area (Å²) in [5.41, 5.74) is 0.836. The summed E-state index contributed by atoms with van der Waals surface area (Å²) in [5, 5.41) is 9.30. The van der Waals surface area contributed by atoms with Crippen LogP contribution < -0.4 is 5.69 Å². The third kappa shape index (κ3) is 2.39. The summed E-state index contributed by atoms with van der Waals surface area (Å²) in [6.07, 6.45) is -1.30. The molecule has 0 saturated carbocycles. The molecule has 7 nitrogen and oxygen atoms in total. The van der Waals surface area contributed by atoms with Crippen molar-refractivity contribution in [2.45, 2.75) is 23.5 Å². The molecule has 1 fully saturated rings. The van der Waals surface area contributed by atoms with Crippen molar-refractivity contribution in [3.05, 3.63) is 28.7 Å².